The van der Waals surface area contributed by atoms with E-state index in [2.05, 4.69) is 15.9 Å². The summed E-state index contributed by atoms with van der Waals surface area (Å²) in [7, 11) is -3.65. The van der Waals surface area contributed by atoms with Crippen LogP contribution in [0.2, 0.25) is 0 Å². The van der Waals surface area contributed by atoms with Gasteiger partial charge in [-0.15, -0.1) is 0 Å². The fraction of sp³-hybridized carbons (Fsp3) is 0.162. The standard InChI is InChI=1S/C37H33BrN2O5S/c1-46(42,43)40(25-28-12-6-3-7-13-28)34-22-29(16-19-33(34)38)35(41)26-39(24-27-10-4-2-5-11-27)20-21-44-30-17-18-32-31-14-8-9-15-36(31)45-37(32)23-30/h2-19,22-23H,20-21,24-26H2,1H3. The number of ketones is 1. The molecular formula is C37H33BrN2O5S. The predicted octanol–water partition coefficient (Wildman–Crippen LogP) is 8.08. The van der Waals surface area contributed by atoms with E-state index in [1.807, 2.05) is 108 Å². The molecule has 0 fully saturated rings. The zero-order chi connectivity index (χ0) is 32.1. The van der Waals surface area contributed by atoms with Crippen molar-refractivity contribution in [1.82, 2.24) is 4.90 Å². The van der Waals surface area contributed by atoms with Gasteiger partial charge in [-0.05, 0) is 57.4 Å². The van der Waals surface area contributed by atoms with E-state index in [0.717, 1.165) is 33.1 Å². The smallest absolute Gasteiger partial charge is 0.232 e. The van der Waals surface area contributed by atoms with E-state index in [1.165, 1.54) is 10.6 Å². The molecule has 46 heavy (non-hydrogen) atoms. The van der Waals surface area contributed by atoms with Crippen molar-refractivity contribution in [2.24, 2.45) is 0 Å². The van der Waals surface area contributed by atoms with Crippen molar-refractivity contribution < 1.29 is 22.4 Å². The summed E-state index contributed by atoms with van der Waals surface area (Å²) in [5.41, 5.74) is 4.34. The maximum atomic E-state index is 13.7. The molecule has 0 aliphatic carbocycles. The minimum Gasteiger partial charge on any atom is -0.492 e. The van der Waals surface area contributed by atoms with Crippen LogP contribution in [0.3, 0.4) is 0 Å². The van der Waals surface area contributed by atoms with Crippen molar-refractivity contribution >= 4 is 59.4 Å². The van der Waals surface area contributed by atoms with Crippen LogP contribution in [0.5, 0.6) is 5.75 Å². The molecule has 6 aromatic rings. The van der Waals surface area contributed by atoms with Crippen molar-refractivity contribution in [3.8, 4) is 5.75 Å². The summed E-state index contributed by atoms with van der Waals surface area (Å²) in [6, 6.07) is 38.2. The number of benzene rings is 5. The number of hydrogen-bond donors (Lipinski definition) is 0. The lowest BCUT2D eigenvalue weighted by Crippen LogP contribution is -2.33. The van der Waals surface area contributed by atoms with Gasteiger partial charge in [0, 0.05) is 40.0 Å². The Morgan fingerprint density at radius 2 is 1.41 bits per heavy atom. The summed E-state index contributed by atoms with van der Waals surface area (Å²) >= 11 is 3.51. The van der Waals surface area contributed by atoms with Crippen LogP contribution in [0.25, 0.3) is 21.9 Å². The monoisotopic (exact) mass is 696 g/mol. The van der Waals surface area contributed by atoms with Gasteiger partial charge < -0.3 is 9.15 Å². The van der Waals surface area contributed by atoms with E-state index in [9.17, 15) is 13.2 Å². The fourth-order valence-corrected chi connectivity index (χ4v) is 6.92. The van der Waals surface area contributed by atoms with Gasteiger partial charge in [0.1, 0.15) is 23.5 Å². The van der Waals surface area contributed by atoms with Gasteiger partial charge in [-0.25, -0.2) is 8.42 Å². The Labute approximate surface area is 277 Å². The number of para-hydroxylation sites is 1. The predicted molar refractivity (Wildman–Crippen MR) is 187 cm³/mol. The molecule has 9 heteroatoms. The number of furan rings is 1. The third-order valence-corrected chi connectivity index (χ3v) is 9.55. The molecule has 0 spiro atoms. The lowest BCUT2D eigenvalue weighted by Gasteiger charge is -2.25. The molecule has 5 aromatic carbocycles. The number of hydrogen-bond acceptors (Lipinski definition) is 6. The molecule has 0 N–H and O–H groups in total. The maximum absolute atomic E-state index is 13.7. The van der Waals surface area contributed by atoms with Gasteiger partial charge >= 0.3 is 0 Å². The van der Waals surface area contributed by atoms with E-state index >= 15 is 0 Å². The number of Topliss-reactive ketones (excluding diaryl/α,β-unsaturated/α-hetero) is 1. The molecule has 6 rings (SSSR count). The van der Waals surface area contributed by atoms with Crippen molar-refractivity contribution in [2.45, 2.75) is 13.1 Å². The molecule has 0 saturated carbocycles. The second-order valence-corrected chi connectivity index (χ2v) is 13.9. The lowest BCUT2D eigenvalue weighted by atomic mass is 10.1. The van der Waals surface area contributed by atoms with Crippen LogP contribution in [0, 0.1) is 0 Å². The van der Waals surface area contributed by atoms with Crippen molar-refractivity contribution in [2.75, 3.05) is 30.3 Å². The summed E-state index contributed by atoms with van der Waals surface area (Å²) in [5.74, 6) is 0.566. The first kappa shape index (κ1) is 31.5. The molecule has 0 unspecified atom stereocenters. The molecule has 1 heterocycles. The number of halogens is 1. The Bertz CT molecular complexity index is 2080. The van der Waals surface area contributed by atoms with Gasteiger partial charge in [-0.3, -0.25) is 14.0 Å². The number of sulfonamides is 1. The van der Waals surface area contributed by atoms with Gasteiger partial charge in [-0.2, -0.15) is 0 Å². The average molecular weight is 698 g/mol. The molecule has 0 amide bonds. The molecule has 234 valence electrons. The van der Waals surface area contributed by atoms with Crippen LogP contribution in [-0.2, 0) is 23.1 Å². The minimum absolute atomic E-state index is 0.124. The van der Waals surface area contributed by atoms with Crippen molar-refractivity contribution in [1.29, 1.82) is 0 Å². The number of fused-ring (bicyclic) bond motifs is 3. The average Bonchev–Trinajstić information content (AvgIpc) is 3.42. The van der Waals surface area contributed by atoms with Gasteiger partial charge in [0.2, 0.25) is 10.0 Å². The van der Waals surface area contributed by atoms with Crippen molar-refractivity contribution in [3.05, 3.63) is 142 Å². The van der Waals surface area contributed by atoms with E-state index < -0.39 is 10.0 Å². The van der Waals surface area contributed by atoms with E-state index in [-0.39, 0.29) is 18.9 Å². The third kappa shape index (κ3) is 7.50. The van der Waals surface area contributed by atoms with Crippen LogP contribution in [0.4, 0.5) is 5.69 Å². The number of carbonyl (C=O) groups is 1. The molecule has 0 atom stereocenters. The van der Waals surface area contributed by atoms with E-state index in [1.54, 1.807) is 18.2 Å². The van der Waals surface area contributed by atoms with Gasteiger partial charge in [0.25, 0.3) is 0 Å². The van der Waals surface area contributed by atoms with Gasteiger partial charge in [0.15, 0.2) is 5.78 Å². The first-order chi connectivity index (χ1) is 22.2. The Morgan fingerprint density at radius 3 is 2.13 bits per heavy atom. The van der Waals surface area contributed by atoms with Crippen LogP contribution in [-0.4, -0.2) is 45.1 Å². The summed E-state index contributed by atoms with van der Waals surface area (Å²) in [6.07, 6.45) is 1.17. The first-order valence-corrected chi connectivity index (χ1v) is 17.5. The SMILES string of the molecule is CS(=O)(=O)N(Cc1ccccc1)c1cc(C(=O)CN(CCOc2ccc3c(c2)oc2ccccc23)Cc2ccccc2)ccc1Br. The number of carbonyl (C=O) groups excluding carboxylic acids is 1. The molecule has 0 bridgehead atoms. The summed E-state index contributed by atoms with van der Waals surface area (Å²) < 4.78 is 39.8. The van der Waals surface area contributed by atoms with Gasteiger partial charge in [-0.1, -0.05) is 84.9 Å². The topological polar surface area (TPSA) is 80.1 Å². The maximum Gasteiger partial charge on any atom is 0.232 e. The molecule has 0 aliphatic rings. The molecule has 0 radical (unpaired) electrons. The first-order valence-electron chi connectivity index (χ1n) is 14.9. The highest BCUT2D eigenvalue weighted by Crippen LogP contribution is 2.32. The second-order valence-electron chi connectivity index (χ2n) is 11.1. The number of ether oxygens (including phenoxy) is 1. The van der Waals surface area contributed by atoms with Crippen LogP contribution in [0.15, 0.2) is 130 Å². The van der Waals surface area contributed by atoms with Gasteiger partial charge in [0.05, 0.1) is 25.0 Å². The molecule has 7 nitrogen and oxygen atoms in total. The molecule has 0 aliphatic heterocycles. The largest absolute Gasteiger partial charge is 0.492 e. The third-order valence-electron chi connectivity index (χ3n) is 7.75. The minimum atomic E-state index is -3.65. The molecule has 0 saturated heterocycles. The summed E-state index contributed by atoms with van der Waals surface area (Å²) in [6.45, 7) is 1.67. The zero-order valence-electron chi connectivity index (χ0n) is 25.3. The highest BCUT2D eigenvalue weighted by Gasteiger charge is 2.23. The zero-order valence-corrected chi connectivity index (χ0v) is 27.7. The number of nitrogens with zero attached hydrogens (tertiary/aromatic N) is 2. The number of rotatable bonds is 13. The van der Waals surface area contributed by atoms with E-state index in [4.69, 9.17) is 9.15 Å². The number of anilines is 1. The van der Waals surface area contributed by atoms with E-state index in [0.29, 0.717) is 41.2 Å². The van der Waals surface area contributed by atoms with Crippen LogP contribution in [0.1, 0.15) is 21.5 Å². The molecule has 1 aromatic heterocycles. The van der Waals surface area contributed by atoms with Crippen LogP contribution >= 0.6 is 15.9 Å². The summed E-state index contributed by atoms with van der Waals surface area (Å²) in [4.78, 5) is 15.8. The highest BCUT2D eigenvalue weighted by atomic mass is 79.9. The molecular weight excluding hydrogens is 664 g/mol. The Hall–Kier alpha value is -4.44. The van der Waals surface area contributed by atoms with Crippen LogP contribution < -0.4 is 9.04 Å². The Morgan fingerprint density at radius 1 is 0.761 bits per heavy atom. The second kappa shape index (κ2) is 13.9. The van der Waals surface area contributed by atoms with Crippen molar-refractivity contribution in [3.63, 3.8) is 0 Å². The normalized spacial score (nSPS) is 11.7. The lowest BCUT2D eigenvalue weighted by molar-refractivity contribution is 0.0912. The Kier molecular flexibility index (Phi) is 9.53. The summed E-state index contributed by atoms with van der Waals surface area (Å²) in [5, 5.41) is 2.10. The fourth-order valence-electron chi connectivity index (χ4n) is 5.45. The Balaban J connectivity index is 1.19. The highest BCUT2D eigenvalue weighted by molar-refractivity contribution is 9.10. The quantitative estimate of drug-likeness (QED) is 0.114.